The van der Waals surface area contributed by atoms with Crippen molar-refractivity contribution in [2.24, 2.45) is 7.05 Å². The Labute approximate surface area is 229 Å². The molecule has 0 bridgehead atoms. The number of amides is 1. The monoisotopic (exact) mass is 536 g/mol. The van der Waals surface area contributed by atoms with Crippen LogP contribution in [0.5, 0.6) is 17.5 Å². The minimum absolute atomic E-state index is 0.149. The quantitative estimate of drug-likeness (QED) is 0.278. The van der Waals surface area contributed by atoms with E-state index in [0.29, 0.717) is 17.3 Å². The maximum atomic E-state index is 12.6. The Hall–Kier alpha value is -4.99. The molecular formula is C30H28N6O4. The highest BCUT2D eigenvalue weighted by Crippen LogP contribution is 2.49. The maximum Gasteiger partial charge on any atom is 0.262 e. The number of ether oxygens (including phenoxy) is 2. The average Bonchev–Trinajstić information content (AvgIpc) is 3.64. The molecule has 1 aliphatic rings. The van der Waals surface area contributed by atoms with Crippen LogP contribution in [0, 0.1) is 0 Å². The van der Waals surface area contributed by atoms with E-state index in [1.165, 1.54) is 18.9 Å². The Balaban J connectivity index is 1.32. The number of hydrogen-bond acceptors (Lipinski definition) is 6. The number of fused-ring (bicyclic) bond motifs is 10. The lowest BCUT2D eigenvalue weighted by Crippen LogP contribution is -2.20. The first-order valence-electron chi connectivity index (χ1n) is 13.2. The highest BCUT2D eigenvalue weighted by atomic mass is 16.5. The van der Waals surface area contributed by atoms with Gasteiger partial charge < -0.3 is 29.4 Å². The Bertz CT molecular complexity index is 1950. The molecule has 0 atom stereocenters. The summed E-state index contributed by atoms with van der Waals surface area (Å²) < 4.78 is 15.2. The standard InChI is InChI=1S/C30H28N6O4/c1-4-36-23-9-6-17(40-15-24(37)33-16-5-10-25(39-3)31-12-16)11-19(23)27-20-13-32-30(38)28(20)26-18(29(27)36)7-8-22-21(26)14-35(2)34-22/h5-6,9-14,32,38H,4,7-8,15H2,1-3H3,(H,33,37). The molecule has 0 radical (unpaired) electrons. The molecule has 4 aromatic heterocycles. The number of carbonyl (C=O) groups is 1. The summed E-state index contributed by atoms with van der Waals surface area (Å²) >= 11 is 0. The number of H-pyrrole nitrogens is 1. The van der Waals surface area contributed by atoms with Gasteiger partial charge in [-0.25, -0.2) is 4.98 Å². The van der Waals surface area contributed by atoms with Crippen molar-refractivity contribution in [2.45, 2.75) is 26.3 Å². The molecule has 0 saturated carbocycles. The van der Waals surface area contributed by atoms with E-state index in [4.69, 9.17) is 9.47 Å². The fourth-order valence-corrected chi connectivity index (χ4v) is 6.10. The van der Waals surface area contributed by atoms with E-state index in [1.54, 1.807) is 12.1 Å². The SMILES string of the molecule is CCn1c2ccc(OCC(=O)Nc3ccc(OC)nc3)cc2c2c3c[nH]c(O)c3c3c(c21)CCc1nn(C)cc1-3. The predicted octanol–water partition coefficient (Wildman–Crippen LogP) is 4.92. The Morgan fingerprint density at radius 2 is 2.05 bits per heavy atom. The second-order valence-corrected chi connectivity index (χ2v) is 10.0. The second-order valence-electron chi connectivity index (χ2n) is 10.0. The van der Waals surface area contributed by atoms with Gasteiger partial charge in [0.2, 0.25) is 5.88 Å². The van der Waals surface area contributed by atoms with E-state index in [2.05, 4.69) is 31.9 Å². The topological polar surface area (TPSA) is 119 Å². The molecule has 0 aliphatic heterocycles. The Morgan fingerprint density at radius 3 is 2.83 bits per heavy atom. The van der Waals surface area contributed by atoms with Crippen molar-refractivity contribution < 1.29 is 19.4 Å². The van der Waals surface area contributed by atoms with Gasteiger partial charge in [0.05, 0.1) is 35.6 Å². The van der Waals surface area contributed by atoms with E-state index in [9.17, 15) is 9.90 Å². The van der Waals surface area contributed by atoms with Crippen molar-refractivity contribution in [1.29, 1.82) is 0 Å². The second kappa shape index (κ2) is 9.04. The van der Waals surface area contributed by atoms with Crippen LogP contribution in [0.4, 0.5) is 5.69 Å². The van der Waals surface area contributed by atoms with E-state index >= 15 is 0 Å². The normalized spacial score (nSPS) is 12.6. The molecule has 6 aromatic rings. The zero-order chi connectivity index (χ0) is 27.5. The molecule has 10 nitrogen and oxygen atoms in total. The largest absolute Gasteiger partial charge is 0.494 e. The number of methoxy groups -OCH3 is 1. The molecule has 202 valence electrons. The molecule has 1 aliphatic carbocycles. The number of aryl methyl sites for hydroxylation is 4. The summed E-state index contributed by atoms with van der Waals surface area (Å²) in [4.78, 5) is 19.7. The molecule has 2 aromatic carbocycles. The van der Waals surface area contributed by atoms with Crippen molar-refractivity contribution in [3.63, 3.8) is 0 Å². The number of benzene rings is 2. The van der Waals surface area contributed by atoms with Gasteiger partial charge in [0.1, 0.15) is 5.75 Å². The number of pyridine rings is 1. The highest BCUT2D eigenvalue weighted by molar-refractivity contribution is 6.26. The average molecular weight is 537 g/mol. The van der Waals surface area contributed by atoms with E-state index in [1.807, 2.05) is 42.3 Å². The molecule has 7 rings (SSSR count). The minimum atomic E-state index is -0.289. The van der Waals surface area contributed by atoms with Crippen molar-refractivity contribution in [3.8, 4) is 28.6 Å². The summed E-state index contributed by atoms with van der Waals surface area (Å²) in [6.07, 6.45) is 7.13. The summed E-state index contributed by atoms with van der Waals surface area (Å²) in [5.41, 5.74) is 7.18. The van der Waals surface area contributed by atoms with Gasteiger partial charge in [0.25, 0.3) is 5.91 Å². The van der Waals surface area contributed by atoms with Gasteiger partial charge in [-0.05, 0) is 49.6 Å². The summed E-state index contributed by atoms with van der Waals surface area (Å²) in [6, 6.07) is 9.33. The van der Waals surface area contributed by atoms with Crippen LogP contribution >= 0.6 is 0 Å². The molecule has 1 amide bonds. The zero-order valence-corrected chi connectivity index (χ0v) is 22.4. The Kier molecular flexibility index (Phi) is 5.44. The molecular weight excluding hydrogens is 508 g/mol. The van der Waals surface area contributed by atoms with E-state index in [-0.39, 0.29) is 18.4 Å². The number of aromatic amines is 1. The van der Waals surface area contributed by atoms with Crippen LogP contribution in [0.25, 0.3) is 43.7 Å². The summed E-state index contributed by atoms with van der Waals surface area (Å²) in [6.45, 7) is 2.78. The third-order valence-corrected chi connectivity index (χ3v) is 7.70. The lowest BCUT2D eigenvalue weighted by Gasteiger charge is -2.20. The summed E-state index contributed by atoms with van der Waals surface area (Å²) in [5, 5.41) is 22.3. The maximum absolute atomic E-state index is 12.6. The number of nitrogens with one attached hydrogen (secondary N) is 2. The van der Waals surface area contributed by atoms with Gasteiger partial charge >= 0.3 is 0 Å². The number of aromatic hydroxyl groups is 1. The van der Waals surface area contributed by atoms with Crippen LogP contribution in [0.1, 0.15) is 18.2 Å². The van der Waals surface area contributed by atoms with Crippen LogP contribution in [0.15, 0.2) is 48.9 Å². The van der Waals surface area contributed by atoms with Crippen molar-refractivity contribution in [3.05, 3.63) is 60.2 Å². The zero-order valence-electron chi connectivity index (χ0n) is 22.4. The summed E-state index contributed by atoms with van der Waals surface area (Å²) in [5.74, 6) is 0.924. The number of anilines is 1. The van der Waals surface area contributed by atoms with E-state index < -0.39 is 0 Å². The smallest absolute Gasteiger partial charge is 0.262 e. The first kappa shape index (κ1) is 24.1. The third kappa shape index (κ3) is 3.59. The number of carbonyl (C=O) groups excluding carboxylic acids is 1. The minimum Gasteiger partial charge on any atom is -0.494 e. The lowest BCUT2D eigenvalue weighted by molar-refractivity contribution is -0.118. The van der Waals surface area contributed by atoms with Crippen LogP contribution < -0.4 is 14.8 Å². The number of aromatic nitrogens is 5. The molecule has 0 spiro atoms. The summed E-state index contributed by atoms with van der Waals surface area (Å²) in [7, 11) is 3.47. The molecule has 40 heavy (non-hydrogen) atoms. The van der Waals surface area contributed by atoms with Crippen molar-refractivity contribution in [2.75, 3.05) is 19.0 Å². The fraction of sp³-hybridized carbons (Fsp3) is 0.233. The molecule has 3 N–H and O–H groups in total. The van der Waals surface area contributed by atoms with Gasteiger partial charge in [-0.3, -0.25) is 9.48 Å². The molecule has 0 saturated heterocycles. The van der Waals surface area contributed by atoms with Crippen molar-refractivity contribution >= 4 is 44.2 Å². The first-order valence-corrected chi connectivity index (χ1v) is 13.2. The van der Waals surface area contributed by atoms with Gasteiger partial charge in [-0.2, -0.15) is 5.10 Å². The van der Waals surface area contributed by atoms with Gasteiger partial charge in [-0.1, -0.05) is 0 Å². The number of nitrogens with zero attached hydrogens (tertiary/aromatic N) is 4. The molecule has 4 heterocycles. The highest BCUT2D eigenvalue weighted by Gasteiger charge is 2.29. The number of rotatable bonds is 6. The molecule has 0 fully saturated rings. The third-order valence-electron chi connectivity index (χ3n) is 7.70. The van der Waals surface area contributed by atoms with Crippen LogP contribution in [0.2, 0.25) is 0 Å². The predicted molar refractivity (Wildman–Crippen MR) is 153 cm³/mol. The number of hydrogen-bond donors (Lipinski definition) is 3. The van der Waals surface area contributed by atoms with Crippen LogP contribution in [-0.4, -0.2) is 49.0 Å². The van der Waals surface area contributed by atoms with Gasteiger partial charge in [-0.15, -0.1) is 0 Å². The van der Waals surface area contributed by atoms with Crippen LogP contribution in [0.3, 0.4) is 0 Å². The van der Waals surface area contributed by atoms with Crippen LogP contribution in [-0.2, 0) is 31.2 Å². The van der Waals surface area contributed by atoms with Gasteiger partial charge in [0.15, 0.2) is 12.5 Å². The van der Waals surface area contributed by atoms with Crippen molar-refractivity contribution in [1.82, 2.24) is 24.3 Å². The fourth-order valence-electron chi connectivity index (χ4n) is 6.10. The molecule has 0 unspecified atom stereocenters. The Morgan fingerprint density at radius 1 is 1.18 bits per heavy atom. The lowest BCUT2D eigenvalue weighted by atomic mass is 9.85. The van der Waals surface area contributed by atoms with E-state index in [0.717, 1.165) is 68.8 Å². The molecule has 10 heteroatoms. The van der Waals surface area contributed by atoms with Gasteiger partial charge in [0, 0.05) is 64.9 Å². The first-order chi connectivity index (χ1) is 19.5.